The maximum Gasteiger partial charge on any atom is 0.126 e. The van der Waals surface area contributed by atoms with Crippen LogP contribution in [0, 0.1) is 13.8 Å². The fourth-order valence-corrected chi connectivity index (χ4v) is 1.91. The van der Waals surface area contributed by atoms with Gasteiger partial charge < -0.3 is 5.11 Å². The van der Waals surface area contributed by atoms with Gasteiger partial charge in [0.25, 0.3) is 0 Å². The molecule has 0 bridgehead atoms. The van der Waals surface area contributed by atoms with Crippen LogP contribution in [-0.4, -0.2) is 5.11 Å². The SMILES string of the molecule is C=C/C=C\c1c(C)cc(P)c(O)c1C. The van der Waals surface area contributed by atoms with Crippen LogP contribution in [0.15, 0.2) is 24.8 Å². The molecule has 0 radical (unpaired) electrons. The van der Waals surface area contributed by atoms with Gasteiger partial charge in [0.05, 0.1) is 0 Å². The molecule has 1 aromatic rings. The molecule has 0 aliphatic heterocycles. The molecule has 74 valence electrons. The molecule has 0 spiro atoms. The second-order valence-electron chi connectivity index (χ2n) is 3.26. The van der Waals surface area contributed by atoms with Gasteiger partial charge in [-0.15, -0.1) is 9.24 Å². The van der Waals surface area contributed by atoms with Crippen molar-refractivity contribution >= 4 is 20.6 Å². The molecule has 0 aliphatic carbocycles. The highest BCUT2D eigenvalue weighted by Gasteiger charge is 2.07. The monoisotopic (exact) mass is 206 g/mol. The number of allylic oxidation sites excluding steroid dienone is 2. The molecule has 0 saturated heterocycles. The van der Waals surface area contributed by atoms with Gasteiger partial charge in [0, 0.05) is 5.30 Å². The minimum Gasteiger partial charge on any atom is -0.507 e. The van der Waals surface area contributed by atoms with E-state index in [-0.39, 0.29) is 0 Å². The molecule has 14 heavy (non-hydrogen) atoms. The number of hydrogen-bond acceptors (Lipinski definition) is 1. The summed E-state index contributed by atoms with van der Waals surface area (Å²) in [5.74, 6) is 0.351. The fourth-order valence-electron chi connectivity index (χ4n) is 1.44. The van der Waals surface area contributed by atoms with Crippen molar-refractivity contribution in [2.45, 2.75) is 13.8 Å². The zero-order valence-corrected chi connectivity index (χ0v) is 9.70. The van der Waals surface area contributed by atoms with E-state index < -0.39 is 0 Å². The summed E-state index contributed by atoms with van der Waals surface area (Å²) in [6, 6.07) is 1.95. The number of aryl methyl sites for hydroxylation is 1. The summed E-state index contributed by atoms with van der Waals surface area (Å²) in [6.07, 6.45) is 5.56. The minimum absolute atomic E-state index is 0.351. The molecule has 1 aromatic carbocycles. The smallest absolute Gasteiger partial charge is 0.126 e. The maximum absolute atomic E-state index is 9.73. The second kappa shape index (κ2) is 4.43. The van der Waals surface area contributed by atoms with Crippen molar-refractivity contribution < 1.29 is 5.11 Å². The standard InChI is InChI=1S/C12H15OP/c1-4-5-6-10-8(2)7-11(14)12(13)9(10)3/h4-7,13H,1,14H2,2-3H3/b6-5-. The lowest BCUT2D eigenvalue weighted by molar-refractivity contribution is 0.475. The summed E-state index contributed by atoms with van der Waals surface area (Å²) in [7, 11) is 2.53. The zero-order chi connectivity index (χ0) is 10.7. The number of benzene rings is 1. The molecule has 1 N–H and O–H groups in total. The summed E-state index contributed by atoms with van der Waals surface area (Å²) in [4.78, 5) is 0. The Morgan fingerprint density at radius 1 is 1.43 bits per heavy atom. The second-order valence-corrected chi connectivity index (χ2v) is 3.89. The van der Waals surface area contributed by atoms with Crippen LogP contribution in [0.25, 0.3) is 6.08 Å². The third-order valence-electron chi connectivity index (χ3n) is 2.23. The maximum atomic E-state index is 9.73. The normalized spacial score (nSPS) is 10.8. The lowest BCUT2D eigenvalue weighted by Crippen LogP contribution is -1.99. The van der Waals surface area contributed by atoms with Gasteiger partial charge in [-0.05, 0) is 36.6 Å². The lowest BCUT2D eigenvalue weighted by atomic mass is 10.0. The summed E-state index contributed by atoms with van der Waals surface area (Å²) in [5.41, 5.74) is 3.13. The van der Waals surface area contributed by atoms with E-state index in [0.717, 1.165) is 22.0 Å². The highest BCUT2D eigenvalue weighted by molar-refractivity contribution is 7.27. The van der Waals surface area contributed by atoms with E-state index in [2.05, 4.69) is 15.8 Å². The average molecular weight is 206 g/mol. The van der Waals surface area contributed by atoms with Crippen LogP contribution in [0.4, 0.5) is 0 Å². The highest BCUT2D eigenvalue weighted by atomic mass is 31.0. The van der Waals surface area contributed by atoms with E-state index in [1.807, 2.05) is 32.1 Å². The van der Waals surface area contributed by atoms with E-state index in [9.17, 15) is 5.11 Å². The van der Waals surface area contributed by atoms with E-state index in [4.69, 9.17) is 0 Å². The van der Waals surface area contributed by atoms with Crippen molar-refractivity contribution in [3.8, 4) is 5.75 Å². The van der Waals surface area contributed by atoms with Gasteiger partial charge in [-0.25, -0.2) is 0 Å². The van der Waals surface area contributed by atoms with Crippen LogP contribution in [0.5, 0.6) is 5.75 Å². The Bertz CT molecular complexity index is 392. The third kappa shape index (κ3) is 2.05. The molecule has 0 aromatic heterocycles. The lowest BCUT2D eigenvalue weighted by Gasteiger charge is -2.10. The molecule has 1 rings (SSSR count). The summed E-state index contributed by atoms with van der Waals surface area (Å²) in [5, 5.41) is 10.6. The molecular formula is C12H15OP. The van der Waals surface area contributed by atoms with Crippen LogP contribution in [0.1, 0.15) is 16.7 Å². The molecule has 1 atom stereocenters. The molecule has 0 saturated carbocycles. The van der Waals surface area contributed by atoms with Crippen molar-refractivity contribution in [2.24, 2.45) is 0 Å². The molecule has 0 heterocycles. The Hall–Kier alpha value is -1.07. The number of phenolic OH excluding ortho intramolecular Hbond substituents is 1. The van der Waals surface area contributed by atoms with Crippen LogP contribution < -0.4 is 5.30 Å². The first kappa shape index (κ1) is 11.0. The number of phenols is 1. The van der Waals surface area contributed by atoms with Gasteiger partial charge in [-0.2, -0.15) is 0 Å². The topological polar surface area (TPSA) is 20.2 Å². The fraction of sp³-hybridized carbons (Fsp3) is 0.167. The van der Waals surface area contributed by atoms with Crippen molar-refractivity contribution in [1.29, 1.82) is 0 Å². The number of rotatable bonds is 2. The Morgan fingerprint density at radius 3 is 2.64 bits per heavy atom. The Balaban J connectivity index is 3.36. The predicted molar refractivity (Wildman–Crippen MR) is 66.2 cm³/mol. The predicted octanol–water partition coefficient (Wildman–Crippen LogP) is 2.71. The Labute approximate surface area is 87.4 Å². The average Bonchev–Trinajstić information content (AvgIpc) is 2.14. The van der Waals surface area contributed by atoms with Crippen LogP contribution in [0.3, 0.4) is 0 Å². The van der Waals surface area contributed by atoms with Crippen LogP contribution in [0.2, 0.25) is 0 Å². The summed E-state index contributed by atoms with van der Waals surface area (Å²) in [6.45, 7) is 7.57. The molecule has 0 amide bonds. The molecular weight excluding hydrogens is 191 g/mol. The van der Waals surface area contributed by atoms with Crippen molar-refractivity contribution in [3.63, 3.8) is 0 Å². The van der Waals surface area contributed by atoms with E-state index in [0.29, 0.717) is 5.75 Å². The molecule has 1 nitrogen and oxygen atoms in total. The van der Waals surface area contributed by atoms with E-state index >= 15 is 0 Å². The first-order chi connectivity index (χ1) is 6.57. The highest BCUT2D eigenvalue weighted by Crippen LogP contribution is 2.24. The third-order valence-corrected chi connectivity index (χ3v) is 2.67. The van der Waals surface area contributed by atoms with Crippen molar-refractivity contribution in [2.75, 3.05) is 0 Å². The number of aromatic hydroxyl groups is 1. The summed E-state index contributed by atoms with van der Waals surface area (Å²) >= 11 is 0. The van der Waals surface area contributed by atoms with Crippen molar-refractivity contribution in [3.05, 3.63) is 41.5 Å². The van der Waals surface area contributed by atoms with Crippen molar-refractivity contribution in [1.82, 2.24) is 0 Å². The summed E-state index contributed by atoms with van der Waals surface area (Å²) < 4.78 is 0. The van der Waals surface area contributed by atoms with Gasteiger partial charge in [0.15, 0.2) is 0 Å². The Kier molecular flexibility index (Phi) is 3.49. The van der Waals surface area contributed by atoms with Crippen LogP contribution in [-0.2, 0) is 0 Å². The minimum atomic E-state index is 0.351. The van der Waals surface area contributed by atoms with Gasteiger partial charge in [-0.3, -0.25) is 0 Å². The molecule has 2 heteroatoms. The van der Waals surface area contributed by atoms with Gasteiger partial charge >= 0.3 is 0 Å². The first-order valence-corrected chi connectivity index (χ1v) is 5.03. The molecule has 0 fully saturated rings. The largest absolute Gasteiger partial charge is 0.507 e. The van der Waals surface area contributed by atoms with E-state index in [1.165, 1.54) is 0 Å². The van der Waals surface area contributed by atoms with Gasteiger partial charge in [0.1, 0.15) is 5.75 Å². The molecule has 1 unspecified atom stereocenters. The quantitative estimate of drug-likeness (QED) is 0.582. The van der Waals surface area contributed by atoms with Gasteiger partial charge in [0.2, 0.25) is 0 Å². The van der Waals surface area contributed by atoms with E-state index in [1.54, 1.807) is 6.08 Å². The number of hydrogen-bond donors (Lipinski definition) is 1. The van der Waals surface area contributed by atoms with Gasteiger partial charge in [-0.1, -0.05) is 24.8 Å². The first-order valence-electron chi connectivity index (χ1n) is 4.45. The molecule has 0 aliphatic rings. The Morgan fingerprint density at radius 2 is 2.07 bits per heavy atom. The van der Waals surface area contributed by atoms with Crippen LogP contribution >= 0.6 is 9.24 Å². The zero-order valence-electron chi connectivity index (χ0n) is 8.54.